The van der Waals surface area contributed by atoms with E-state index in [2.05, 4.69) is 20.8 Å². The zero-order valence-electron chi connectivity index (χ0n) is 17.8. The Morgan fingerprint density at radius 3 is 2.75 bits per heavy atom. The number of thioether (sulfide) groups is 1. The Kier molecular flexibility index (Phi) is 8.13. The van der Waals surface area contributed by atoms with Crippen LogP contribution in [0.4, 0.5) is 5.69 Å². The number of aryl methyl sites for hydroxylation is 1. The van der Waals surface area contributed by atoms with E-state index in [0.29, 0.717) is 39.5 Å². The summed E-state index contributed by atoms with van der Waals surface area (Å²) in [6, 6.07) is 10.9. The lowest BCUT2D eigenvalue weighted by Crippen LogP contribution is -2.28. The standard InChI is InChI=1S/C22H23ClN4O4S/c1-4-31-17-10-14(9-16(23)20(17)30-3)12-24-27-22-26-21(29)18(32-22)11-19(28)25-15-7-5-13(2)6-8-15/h5-10,12,18H,4,11H2,1-3H3,(H,25,28)(H,26,27,29). The van der Waals surface area contributed by atoms with Gasteiger partial charge in [0.15, 0.2) is 16.7 Å². The molecule has 2 N–H and O–H groups in total. The van der Waals surface area contributed by atoms with Gasteiger partial charge in [-0.2, -0.15) is 5.10 Å². The van der Waals surface area contributed by atoms with E-state index in [-0.39, 0.29) is 18.2 Å². The lowest BCUT2D eigenvalue weighted by Gasteiger charge is -2.11. The zero-order valence-corrected chi connectivity index (χ0v) is 19.4. The molecule has 3 rings (SSSR count). The van der Waals surface area contributed by atoms with Crippen molar-refractivity contribution in [3.8, 4) is 11.5 Å². The number of halogens is 1. The van der Waals surface area contributed by atoms with Crippen molar-refractivity contribution in [3.63, 3.8) is 0 Å². The highest BCUT2D eigenvalue weighted by molar-refractivity contribution is 8.15. The van der Waals surface area contributed by atoms with Crippen LogP contribution in [-0.4, -0.2) is 42.2 Å². The van der Waals surface area contributed by atoms with Crippen LogP contribution in [-0.2, 0) is 9.59 Å². The number of benzene rings is 2. The Labute approximate surface area is 195 Å². The topological polar surface area (TPSA) is 101 Å². The minimum atomic E-state index is -0.575. The molecule has 0 bridgehead atoms. The fourth-order valence-corrected chi connectivity index (χ4v) is 4.10. The highest BCUT2D eigenvalue weighted by atomic mass is 35.5. The predicted molar refractivity (Wildman–Crippen MR) is 128 cm³/mol. The Morgan fingerprint density at radius 2 is 2.06 bits per heavy atom. The van der Waals surface area contributed by atoms with Gasteiger partial charge in [-0.05, 0) is 38.1 Å². The summed E-state index contributed by atoms with van der Waals surface area (Å²) in [5.74, 6) is 0.416. The van der Waals surface area contributed by atoms with Crippen LogP contribution in [0.3, 0.4) is 0 Å². The van der Waals surface area contributed by atoms with Crippen LogP contribution >= 0.6 is 23.4 Å². The minimum absolute atomic E-state index is 0.0267. The van der Waals surface area contributed by atoms with Crippen molar-refractivity contribution < 1.29 is 19.1 Å². The van der Waals surface area contributed by atoms with Gasteiger partial charge in [0.05, 0.1) is 25.0 Å². The lowest BCUT2D eigenvalue weighted by molar-refractivity contribution is -0.122. The van der Waals surface area contributed by atoms with Gasteiger partial charge in [-0.1, -0.05) is 41.1 Å². The van der Waals surface area contributed by atoms with Gasteiger partial charge in [0.25, 0.3) is 0 Å². The molecule has 1 saturated heterocycles. The van der Waals surface area contributed by atoms with E-state index in [1.807, 2.05) is 38.1 Å². The van der Waals surface area contributed by atoms with Crippen molar-refractivity contribution in [3.05, 3.63) is 52.5 Å². The van der Waals surface area contributed by atoms with Gasteiger partial charge in [-0.25, -0.2) is 0 Å². The summed E-state index contributed by atoms with van der Waals surface area (Å²) in [7, 11) is 1.51. The van der Waals surface area contributed by atoms with Crippen molar-refractivity contribution in [2.24, 2.45) is 10.2 Å². The molecule has 2 aromatic rings. The molecule has 1 fully saturated rings. The van der Waals surface area contributed by atoms with Crippen LogP contribution in [0, 0.1) is 6.92 Å². The maximum atomic E-state index is 12.3. The van der Waals surface area contributed by atoms with Gasteiger partial charge in [0.2, 0.25) is 11.8 Å². The molecule has 8 nitrogen and oxygen atoms in total. The number of hydrogen-bond donors (Lipinski definition) is 2. The smallest absolute Gasteiger partial charge is 0.240 e. The molecule has 10 heteroatoms. The molecule has 0 aromatic heterocycles. The number of amidine groups is 1. The van der Waals surface area contributed by atoms with E-state index in [9.17, 15) is 9.59 Å². The molecule has 2 aromatic carbocycles. The molecule has 1 heterocycles. The number of hydrogen-bond acceptors (Lipinski definition) is 7. The van der Waals surface area contributed by atoms with Crippen LogP contribution in [0.2, 0.25) is 5.02 Å². The van der Waals surface area contributed by atoms with Crippen molar-refractivity contribution in [2.75, 3.05) is 19.0 Å². The van der Waals surface area contributed by atoms with Gasteiger partial charge in [-0.3, -0.25) is 9.59 Å². The van der Waals surface area contributed by atoms with Crippen molar-refractivity contribution in [1.29, 1.82) is 0 Å². The first-order valence-corrected chi connectivity index (χ1v) is 11.1. The van der Waals surface area contributed by atoms with E-state index in [1.165, 1.54) is 13.3 Å². The third-order valence-corrected chi connectivity index (χ3v) is 5.73. The van der Waals surface area contributed by atoms with Crippen molar-refractivity contribution in [1.82, 2.24) is 5.32 Å². The normalized spacial score (nSPS) is 16.9. The van der Waals surface area contributed by atoms with Crippen LogP contribution < -0.4 is 20.1 Å². The highest BCUT2D eigenvalue weighted by Gasteiger charge is 2.32. The molecular weight excluding hydrogens is 452 g/mol. The van der Waals surface area contributed by atoms with Crippen LogP contribution in [0.15, 0.2) is 46.6 Å². The molecule has 2 amide bonds. The second kappa shape index (κ2) is 11.0. The Bertz CT molecular complexity index is 1060. The number of methoxy groups -OCH3 is 1. The molecule has 0 spiro atoms. The van der Waals surface area contributed by atoms with E-state index in [1.54, 1.807) is 12.1 Å². The zero-order chi connectivity index (χ0) is 23.1. The second-order valence-corrected chi connectivity index (χ2v) is 8.43. The summed E-state index contributed by atoms with van der Waals surface area (Å²) in [6.45, 7) is 4.28. The van der Waals surface area contributed by atoms with Crippen LogP contribution in [0.25, 0.3) is 0 Å². The Balaban J connectivity index is 1.60. The average Bonchev–Trinajstić information content (AvgIpc) is 3.09. The maximum Gasteiger partial charge on any atom is 0.240 e. The number of nitrogens with one attached hydrogen (secondary N) is 2. The predicted octanol–water partition coefficient (Wildman–Crippen LogP) is 4.01. The molecule has 1 aliphatic heterocycles. The van der Waals surface area contributed by atoms with E-state index >= 15 is 0 Å². The van der Waals surface area contributed by atoms with Crippen LogP contribution in [0.5, 0.6) is 11.5 Å². The quantitative estimate of drug-likeness (QED) is 0.444. The largest absolute Gasteiger partial charge is 0.491 e. The first kappa shape index (κ1) is 23.6. The minimum Gasteiger partial charge on any atom is -0.491 e. The summed E-state index contributed by atoms with van der Waals surface area (Å²) in [4.78, 5) is 24.5. The summed E-state index contributed by atoms with van der Waals surface area (Å²) in [5.41, 5.74) is 2.44. The van der Waals surface area contributed by atoms with E-state index in [0.717, 1.165) is 17.3 Å². The number of anilines is 1. The molecule has 1 unspecified atom stereocenters. The Hall–Kier alpha value is -3.04. The summed E-state index contributed by atoms with van der Waals surface area (Å²) in [6.07, 6.45) is 1.52. The van der Waals surface area contributed by atoms with Crippen molar-refractivity contribution in [2.45, 2.75) is 25.5 Å². The van der Waals surface area contributed by atoms with Gasteiger partial charge in [0, 0.05) is 17.7 Å². The van der Waals surface area contributed by atoms with Gasteiger partial charge in [0.1, 0.15) is 5.25 Å². The fraction of sp³-hybridized carbons (Fsp3) is 0.273. The summed E-state index contributed by atoms with van der Waals surface area (Å²) >= 11 is 7.39. The molecule has 1 aliphatic rings. The van der Waals surface area contributed by atoms with Crippen LogP contribution in [0.1, 0.15) is 24.5 Å². The van der Waals surface area contributed by atoms with Crippen molar-refractivity contribution >= 4 is 52.2 Å². The summed E-state index contributed by atoms with van der Waals surface area (Å²) < 4.78 is 10.8. The second-order valence-electron chi connectivity index (χ2n) is 6.83. The van der Waals surface area contributed by atoms with E-state index in [4.69, 9.17) is 21.1 Å². The monoisotopic (exact) mass is 474 g/mol. The van der Waals surface area contributed by atoms with Gasteiger partial charge < -0.3 is 20.1 Å². The number of ether oxygens (including phenoxy) is 2. The maximum absolute atomic E-state index is 12.3. The number of nitrogens with zero attached hydrogens (tertiary/aromatic N) is 2. The number of rotatable bonds is 8. The first-order valence-electron chi connectivity index (χ1n) is 9.85. The Morgan fingerprint density at radius 1 is 1.31 bits per heavy atom. The summed E-state index contributed by atoms with van der Waals surface area (Å²) in [5, 5.41) is 13.6. The molecule has 0 saturated carbocycles. The fourth-order valence-electron chi connectivity index (χ4n) is 2.88. The molecule has 0 radical (unpaired) electrons. The molecular formula is C22H23ClN4O4S. The third-order valence-electron chi connectivity index (χ3n) is 4.37. The first-order chi connectivity index (χ1) is 15.4. The third kappa shape index (κ3) is 6.24. The van der Waals surface area contributed by atoms with E-state index < -0.39 is 5.25 Å². The SMILES string of the molecule is CCOc1cc(C=N/N=C2\NC(=O)C(CC(=O)Nc3ccc(C)cc3)S2)cc(Cl)c1OC. The molecule has 0 aliphatic carbocycles. The number of amides is 2. The average molecular weight is 475 g/mol. The number of carbonyl (C=O) groups is 2. The van der Waals surface area contributed by atoms with Gasteiger partial charge in [-0.15, -0.1) is 5.10 Å². The number of carbonyl (C=O) groups excluding carboxylic acids is 2. The molecule has 1 atom stereocenters. The lowest BCUT2D eigenvalue weighted by atomic mass is 10.2. The highest BCUT2D eigenvalue weighted by Crippen LogP contribution is 2.36. The molecule has 32 heavy (non-hydrogen) atoms. The molecule has 168 valence electrons. The van der Waals surface area contributed by atoms with Gasteiger partial charge >= 0.3 is 0 Å².